The van der Waals surface area contributed by atoms with Gasteiger partial charge in [-0.3, -0.25) is 14.3 Å². The van der Waals surface area contributed by atoms with Gasteiger partial charge in [-0.15, -0.1) is 0 Å². The van der Waals surface area contributed by atoms with Gasteiger partial charge in [0.1, 0.15) is 12.3 Å². The molecule has 1 N–H and O–H groups in total. The average molecular weight is 525 g/mol. The summed E-state index contributed by atoms with van der Waals surface area (Å²) >= 11 is 0. The van der Waals surface area contributed by atoms with Crippen LogP contribution in [0.4, 0.5) is 0 Å². The molecule has 2 aliphatic rings. The number of nitrogens with zero attached hydrogens (tertiary/aromatic N) is 5. The summed E-state index contributed by atoms with van der Waals surface area (Å²) in [7, 11) is 0. The molecule has 2 bridgehead atoms. The van der Waals surface area contributed by atoms with E-state index in [1.54, 1.807) is 6.33 Å². The molecule has 1 unspecified atom stereocenters. The third-order valence-electron chi connectivity index (χ3n) is 7.39. The van der Waals surface area contributed by atoms with Crippen LogP contribution in [0.25, 0.3) is 0 Å². The Labute approximate surface area is 227 Å². The zero-order chi connectivity index (χ0) is 26.9. The Bertz CT molecular complexity index is 1540. The average Bonchev–Trinajstić information content (AvgIpc) is 3.48. The third kappa shape index (κ3) is 5.04. The van der Waals surface area contributed by atoms with Gasteiger partial charge in [-0.05, 0) is 61.7 Å². The summed E-state index contributed by atoms with van der Waals surface area (Å²) in [6.07, 6.45) is 3.05. The summed E-state index contributed by atoms with van der Waals surface area (Å²) in [4.78, 5) is 33.4. The lowest BCUT2D eigenvalue weighted by Crippen LogP contribution is -2.42. The SMILES string of the molecule is Cc1cc(C)n(Cc2cccc(C(=O)N3CCc4ncn5c4C3c3cccc(c3)OCCCNC(=O)C5)c2)n1. The van der Waals surface area contributed by atoms with Gasteiger partial charge in [0.25, 0.3) is 5.91 Å². The first-order valence-electron chi connectivity index (χ1n) is 13.4. The monoisotopic (exact) mass is 524 g/mol. The van der Waals surface area contributed by atoms with Crippen molar-refractivity contribution >= 4 is 11.8 Å². The molecular formula is C30H32N6O3. The number of carbonyl (C=O) groups is 2. The van der Waals surface area contributed by atoms with Crippen LogP contribution in [0.3, 0.4) is 0 Å². The van der Waals surface area contributed by atoms with Crippen molar-refractivity contribution in [2.24, 2.45) is 0 Å². The fraction of sp³-hybridized carbons (Fsp3) is 0.333. The summed E-state index contributed by atoms with van der Waals surface area (Å²) in [5, 5.41) is 7.54. The fourth-order valence-corrected chi connectivity index (χ4v) is 5.58. The lowest BCUT2D eigenvalue weighted by Gasteiger charge is -2.37. The molecule has 0 spiro atoms. The smallest absolute Gasteiger partial charge is 0.254 e. The van der Waals surface area contributed by atoms with Gasteiger partial charge in [-0.1, -0.05) is 24.3 Å². The zero-order valence-corrected chi connectivity index (χ0v) is 22.3. The van der Waals surface area contributed by atoms with E-state index in [0.717, 1.165) is 39.7 Å². The number of rotatable bonds is 3. The van der Waals surface area contributed by atoms with Gasteiger partial charge >= 0.3 is 0 Å². The number of hydrogen-bond acceptors (Lipinski definition) is 5. The van der Waals surface area contributed by atoms with Gasteiger partial charge in [0, 0.05) is 30.8 Å². The van der Waals surface area contributed by atoms with Gasteiger partial charge in [0.2, 0.25) is 5.91 Å². The third-order valence-corrected chi connectivity index (χ3v) is 7.39. The van der Waals surface area contributed by atoms with Crippen molar-refractivity contribution in [2.45, 2.75) is 45.8 Å². The first-order valence-corrected chi connectivity index (χ1v) is 13.4. The maximum absolute atomic E-state index is 14.2. The lowest BCUT2D eigenvalue weighted by molar-refractivity contribution is -0.121. The van der Waals surface area contributed by atoms with Crippen molar-refractivity contribution in [3.05, 3.63) is 100 Å². The van der Waals surface area contributed by atoms with E-state index in [2.05, 4.69) is 15.4 Å². The lowest BCUT2D eigenvalue weighted by atomic mass is 9.94. The van der Waals surface area contributed by atoms with Crippen LogP contribution in [0.5, 0.6) is 5.75 Å². The number of aryl methyl sites for hydroxylation is 2. The molecule has 0 saturated carbocycles. The Morgan fingerprint density at radius 3 is 2.85 bits per heavy atom. The molecule has 0 aliphatic carbocycles. The number of amides is 2. The molecule has 39 heavy (non-hydrogen) atoms. The van der Waals surface area contributed by atoms with E-state index in [1.807, 2.05) is 82.6 Å². The highest BCUT2D eigenvalue weighted by Crippen LogP contribution is 2.37. The number of nitrogens with one attached hydrogen (secondary N) is 1. The molecular weight excluding hydrogens is 492 g/mol. The molecule has 4 heterocycles. The van der Waals surface area contributed by atoms with E-state index >= 15 is 0 Å². The molecule has 0 fully saturated rings. The van der Waals surface area contributed by atoms with Crippen LogP contribution in [-0.4, -0.2) is 55.7 Å². The topological polar surface area (TPSA) is 94.3 Å². The van der Waals surface area contributed by atoms with Crippen molar-refractivity contribution < 1.29 is 14.3 Å². The Balaban J connectivity index is 1.39. The Morgan fingerprint density at radius 2 is 2.00 bits per heavy atom. The highest BCUT2D eigenvalue weighted by Gasteiger charge is 2.36. The van der Waals surface area contributed by atoms with E-state index in [9.17, 15) is 9.59 Å². The van der Waals surface area contributed by atoms with Crippen molar-refractivity contribution in [1.29, 1.82) is 0 Å². The van der Waals surface area contributed by atoms with E-state index in [1.165, 1.54) is 0 Å². The molecule has 4 aromatic rings. The second kappa shape index (κ2) is 10.4. The minimum absolute atomic E-state index is 0.0614. The van der Waals surface area contributed by atoms with E-state index in [4.69, 9.17) is 4.74 Å². The van der Waals surface area contributed by atoms with Crippen LogP contribution < -0.4 is 10.1 Å². The molecule has 0 saturated heterocycles. The minimum Gasteiger partial charge on any atom is -0.494 e. The number of aromatic nitrogens is 4. The van der Waals surface area contributed by atoms with E-state index in [-0.39, 0.29) is 18.4 Å². The second-order valence-electron chi connectivity index (χ2n) is 10.3. The Hall–Kier alpha value is -4.40. The van der Waals surface area contributed by atoms with Gasteiger partial charge in [0.05, 0.1) is 42.6 Å². The molecule has 6 rings (SSSR count). The highest BCUT2D eigenvalue weighted by atomic mass is 16.5. The van der Waals surface area contributed by atoms with Crippen LogP contribution in [0.2, 0.25) is 0 Å². The molecule has 0 radical (unpaired) electrons. The molecule has 200 valence electrons. The summed E-state index contributed by atoms with van der Waals surface area (Å²) in [6, 6.07) is 17.3. The first-order chi connectivity index (χ1) is 19.0. The zero-order valence-electron chi connectivity index (χ0n) is 22.3. The molecule has 9 nitrogen and oxygen atoms in total. The normalized spacial score (nSPS) is 17.2. The summed E-state index contributed by atoms with van der Waals surface area (Å²) in [6.45, 7) is 6.32. The quantitative estimate of drug-likeness (QED) is 0.443. The fourth-order valence-electron chi connectivity index (χ4n) is 5.58. The van der Waals surface area contributed by atoms with Gasteiger partial charge in [0.15, 0.2) is 0 Å². The van der Waals surface area contributed by atoms with E-state index < -0.39 is 6.04 Å². The Kier molecular flexibility index (Phi) is 6.64. The van der Waals surface area contributed by atoms with Crippen molar-refractivity contribution in [3.63, 3.8) is 0 Å². The van der Waals surface area contributed by atoms with Crippen LogP contribution in [0.1, 0.15) is 56.7 Å². The molecule has 2 amide bonds. The van der Waals surface area contributed by atoms with Crippen LogP contribution in [0.15, 0.2) is 60.9 Å². The number of ether oxygens (including phenoxy) is 1. The molecule has 2 aromatic heterocycles. The largest absolute Gasteiger partial charge is 0.494 e. The summed E-state index contributed by atoms with van der Waals surface area (Å²) < 4.78 is 9.83. The number of hydrogen-bond donors (Lipinski definition) is 1. The maximum Gasteiger partial charge on any atom is 0.254 e. The van der Waals surface area contributed by atoms with Gasteiger partial charge in [-0.2, -0.15) is 5.10 Å². The van der Waals surface area contributed by atoms with Crippen LogP contribution in [-0.2, 0) is 24.3 Å². The maximum atomic E-state index is 14.2. The predicted octanol–water partition coefficient (Wildman–Crippen LogP) is 3.43. The van der Waals surface area contributed by atoms with Gasteiger partial charge in [-0.25, -0.2) is 4.98 Å². The summed E-state index contributed by atoms with van der Waals surface area (Å²) in [5.41, 5.74) is 6.40. The van der Waals surface area contributed by atoms with Crippen molar-refractivity contribution in [3.8, 4) is 5.75 Å². The number of imidazole rings is 1. The van der Waals surface area contributed by atoms with Crippen LogP contribution in [0, 0.1) is 13.8 Å². The minimum atomic E-state index is -0.402. The number of fused-ring (bicyclic) bond motifs is 3. The molecule has 2 aliphatic heterocycles. The van der Waals surface area contributed by atoms with E-state index in [0.29, 0.717) is 44.6 Å². The standard InChI is InChI=1S/C30H32N6O3/c1-20-14-21(2)36(33-20)17-22-6-3-8-24(15-22)30(38)35-12-10-26-29-28(35)23-7-4-9-25(16-23)39-13-5-11-31-27(37)18-34(29)19-32-26/h3-4,6-9,14-16,19,28H,5,10-13,17-18H2,1-2H3,(H,31,37). The Morgan fingerprint density at radius 1 is 1.13 bits per heavy atom. The molecule has 2 aromatic carbocycles. The molecule has 9 heteroatoms. The molecule has 1 atom stereocenters. The number of carbonyl (C=O) groups excluding carboxylic acids is 2. The number of benzene rings is 2. The first kappa shape index (κ1) is 24.9. The van der Waals surface area contributed by atoms with Crippen molar-refractivity contribution in [2.75, 3.05) is 19.7 Å². The van der Waals surface area contributed by atoms with Gasteiger partial charge < -0.3 is 19.5 Å². The summed E-state index contributed by atoms with van der Waals surface area (Å²) in [5.74, 6) is 0.601. The predicted molar refractivity (Wildman–Crippen MR) is 146 cm³/mol. The highest BCUT2D eigenvalue weighted by molar-refractivity contribution is 5.95. The van der Waals surface area contributed by atoms with Crippen LogP contribution >= 0.6 is 0 Å². The van der Waals surface area contributed by atoms with Crippen molar-refractivity contribution in [1.82, 2.24) is 29.5 Å². The second-order valence-corrected chi connectivity index (χ2v) is 10.3.